The van der Waals surface area contributed by atoms with Crippen molar-refractivity contribution in [3.8, 4) is 0 Å². The second-order valence-corrected chi connectivity index (χ2v) is 6.21. The summed E-state index contributed by atoms with van der Waals surface area (Å²) in [4.78, 5) is 4.57. The molecule has 0 fully saturated rings. The third-order valence-corrected chi connectivity index (χ3v) is 4.30. The minimum atomic E-state index is 0.268. The molecule has 0 bridgehead atoms. The van der Waals surface area contributed by atoms with E-state index in [9.17, 15) is 0 Å². The Morgan fingerprint density at radius 1 is 0.700 bits per heavy atom. The van der Waals surface area contributed by atoms with Crippen LogP contribution in [0.5, 0.6) is 0 Å². The van der Waals surface area contributed by atoms with Crippen molar-refractivity contribution in [3.63, 3.8) is 0 Å². The highest BCUT2D eigenvalue weighted by Crippen LogP contribution is 2.38. The largest absolute Gasteiger partial charge is 0.324 e. The van der Waals surface area contributed by atoms with Crippen molar-refractivity contribution in [1.82, 2.24) is 18.9 Å². The first-order chi connectivity index (χ1) is 9.43. The van der Waals surface area contributed by atoms with Crippen molar-refractivity contribution >= 4 is 0 Å². The zero-order valence-corrected chi connectivity index (χ0v) is 13.3. The third kappa shape index (κ3) is 1.68. The van der Waals surface area contributed by atoms with Crippen molar-refractivity contribution in [3.05, 3.63) is 47.0 Å². The van der Waals surface area contributed by atoms with Gasteiger partial charge in [0.05, 0.1) is 11.4 Å². The number of fused-ring (bicyclic) bond motifs is 2. The zero-order chi connectivity index (χ0) is 14.6. The number of rotatable bonds is 2. The van der Waals surface area contributed by atoms with Gasteiger partial charge in [0.15, 0.2) is 0 Å². The monoisotopic (exact) mass is 272 g/mol. The number of aryl methyl sites for hydroxylation is 2. The fourth-order valence-corrected chi connectivity index (χ4v) is 3.49. The average molecular weight is 272 g/mol. The van der Waals surface area contributed by atoms with E-state index in [-0.39, 0.29) is 12.3 Å². The van der Waals surface area contributed by atoms with Gasteiger partial charge in [0.2, 0.25) is 0 Å². The Morgan fingerprint density at radius 2 is 1.05 bits per heavy atom. The van der Waals surface area contributed by atoms with Gasteiger partial charge in [-0.2, -0.15) is 0 Å². The summed E-state index contributed by atoms with van der Waals surface area (Å²) in [7, 11) is 8.60. The summed E-state index contributed by atoms with van der Waals surface area (Å²) in [5, 5.41) is 0. The second-order valence-electron chi connectivity index (χ2n) is 6.21. The minimum absolute atomic E-state index is 0.268. The highest BCUT2D eigenvalue weighted by Gasteiger charge is 2.35. The molecule has 2 atom stereocenters. The van der Waals surface area contributed by atoms with Crippen LogP contribution in [0.15, 0.2) is 24.3 Å². The Labute approximate surface area is 121 Å². The first kappa shape index (κ1) is 13.5. The minimum Gasteiger partial charge on any atom is -0.324 e. The molecule has 2 aromatic rings. The van der Waals surface area contributed by atoms with Crippen LogP contribution in [-0.4, -0.2) is 47.1 Å². The molecule has 0 saturated heterocycles. The molecule has 20 heavy (non-hydrogen) atoms. The van der Waals surface area contributed by atoms with Gasteiger partial charge in [-0.1, -0.05) is 0 Å². The molecule has 0 spiro atoms. The predicted molar refractivity (Wildman–Crippen MR) is 82.0 cm³/mol. The van der Waals surface area contributed by atoms with Crippen LogP contribution in [0.2, 0.25) is 0 Å². The first-order valence-corrected chi connectivity index (χ1v) is 7.11. The normalized spacial score (nSPS) is 21.4. The van der Waals surface area contributed by atoms with E-state index in [1.165, 1.54) is 22.8 Å². The van der Waals surface area contributed by atoms with Crippen LogP contribution < -0.4 is 0 Å². The molecular formula is C16H24N4. The van der Waals surface area contributed by atoms with Gasteiger partial charge in [0.25, 0.3) is 0 Å². The van der Waals surface area contributed by atoms with Crippen LogP contribution in [-0.2, 0) is 0 Å². The smallest absolute Gasteiger partial charge is 0.127 e. The van der Waals surface area contributed by atoms with Gasteiger partial charge in [0.1, 0.15) is 12.3 Å². The molecule has 1 aliphatic rings. The summed E-state index contributed by atoms with van der Waals surface area (Å²) in [6, 6.07) is 8.98. The molecule has 3 heterocycles. The molecule has 0 aromatic carbocycles. The van der Waals surface area contributed by atoms with E-state index in [1.807, 2.05) is 0 Å². The number of nitrogens with zero attached hydrogens (tertiary/aromatic N) is 4. The molecule has 1 aliphatic heterocycles. The van der Waals surface area contributed by atoms with Gasteiger partial charge >= 0.3 is 0 Å². The van der Waals surface area contributed by atoms with Gasteiger partial charge in [-0.25, -0.2) is 0 Å². The molecule has 0 radical (unpaired) electrons. The maximum atomic E-state index is 2.46. The standard InChI is InChI=1S/C16H24N4/c1-11-7-9-13-16(18(5)6)20-12(2)8-10-14(20)15(17(3)4)19(11)13/h7-10,15-16H,1-6H3. The van der Waals surface area contributed by atoms with E-state index >= 15 is 0 Å². The summed E-state index contributed by atoms with van der Waals surface area (Å²) in [5.74, 6) is 0. The summed E-state index contributed by atoms with van der Waals surface area (Å²) >= 11 is 0. The van der Waals surface area contributed by atoms with Crippen molar-refractivity contribution < 1.29 is 0 Å². The molecular weight excluding hydrogens is 248 g/mol. The average Bonchev–Trinajstić information content (AvgIpc) is 2.92. The molecule has 0 N–H and O–H groups in total. The second kappa shape index (κ2) is 4.50. The molecule has 108 valence electrons. The van der Waals surface area contributed by atoms with Gasteiger partial charge in [0, 0.05) is 11.4 Å². The predicted octanol–water partition coefficient (Wildman–Crippen LogP) is 2.44. The molecule has 4 heteroatoms. The molecule has 0 saturated carbocycles. The van der Waals surface area contributed by atoms with E-state index < -0.39 is 0 Å². The van der Waals surface area contributed by atoms with Crippen LogP contribution in [0.3, 0.4) is 0 Å². The van der Waals surface area contributed by atoms with E-state index in [4.69, 9.17) is 0 Å². The highest BCUT2D eigenvalue weighted by atomic mass is 15.4. The number of hydrogen-bond donors (Lipinski definition) is 0. The maximum absolute atomic E-state index is 2.46. The Morgan fingerprint density at radius 3 is 1.35 bits per heavy atom. The van der Waals surface area contributed by atoms with Crippen LogP contribution in [0, 0.1) is 13.8 Å². The molecule has 2 unspecified atom stereocenters. The maximum Gasteiger partial charge on any atom is 0.127 e. The van der Waals surface area contributed by atoms with E-state index in [0.29, 0.717) is 0 Å². The lowest BCUT2D eigenvalue weighted by Gasteiger charge is -2.41. The van der Waals surface area contributed by atoms with E-state index in [0.717, 1.165) is 0 Å². The van der Waals surface area contributed by atoms with Gasteiger partial charge in [-0.3, -0.25) is 9.80 Å². The van der Waals surface area contributed by atoms with Crippen LogP contribution in [0.25, 0.3) is 0 Å². The van der Waals surface area contributed by atoms with E-state index in [1.54, 1.807) is 0 Å². The molecule has 3 rings (SSSR count). The fraction of sp³-hybridized carbons (Fsp3) is 0.500. The van der Waals surface area contributed by atoms with Crippen molar-refractivity contribution in [2.75, 3.05) is 28.2 Å². The van der Waals surface area contributed by atoms with E-state index in [2.05, 4.69) is 85.2 Å². The Bertz CT molecular complexity index is 577. The Kier molecular flexibility index (Phi) is 3.03. The lowest BCUT2D eigenvalue weighted by molar-refractivity contribution is 0.164. The summed E-state index contributed by atoms with van der Waals surface area (Å²) in [6.45, 7) is 4.39. The van der Waals surface area contributed by atoms with Crippen LogP contribution >= 0.6 is 0 Å². The van der Waals surface area contributed by atoms with Crippen molar-refractivity contribution in [2.24, 2.45) is 0 Å². The van der Waals surface area contributed by atoms with Gasteiger partial charge < -0.3 is 9.13 Å². The Hall–Kier alpha value is -1.52. The van der Waals surface area contributed by atoms with Gasteiger partial charge in [-0.05, 0) is 66.3 Å². The number of hydrogen-bond acceptors (Lipinski definition) is 2. The van der Waals surface area contributed by atoms with Crippen LogP contribution in [0.1, 0.15) is 35.1 Å². The van der Waals surface area contributed by atoms with Crippen LogP contribution in [0.4, 0.5) is 0 Å². The SMILES string of the molecule is Cc1ccc2n1C(N(C)C)c1ccc(C)n1C2N(C)C. The fourth-order valence-electron chi connectivity index (χ4n) is 3.49. The first-order valence-electron chi connectivity index (χ1n) is 7.11. The summed E-state index contributed by atoms with van der Waals surface area (Å²) in [5.41, 5.74) is 5.35. The van der Waals surface area contributed by atoms with Crippen molar-refractivity contribution in [2.45, 2.75) is 26.2 Å². The lowest BCUT2D eigenvalue weighted by atomic mass is 10.2. The lowest BCUT2D eigenvalue weighted by Crippen LogP contribution is -2.41. The topological polar surface area (TPSA) is 16.3 Å². The third-order valence-electron chi connectivity index (χ3n) is 4.30. The number of aromatic nitrogens is 2. The molecule has 4 nitrogen and oxygen atoms in total. The van der Waals surface area contributed by atoms with Gasteiger partial charge in [-0.15, -0.1) is 0 Å². The highest BCUT2D eigenvalue weighted by molar-refractivity contribution is 5.32. The molecule has 2 aromatic heterocycles. The zero-order valence-electron chi connectivity index (χ0n) is 13.3. The Balaban J connectivity index is 2.30. The quantitative estimate of drug-likeness (QED) is 0.835. The molecule has 0 amide bonds. The summed E-state index contributed by atoms with van der Waals surface area (Å²) in [6.07, 6.45) is 0.537. The summed E-state index contributed by atoms with van der Waals surface area (Å²) < 4.78 is 4.92. The molecule has 0 aliphatic carbocycles. The van der Waals surface area contributed by atoms with Crippen molar-refractivity contribution in [1.29, 1.82) is 0 Å².